The molecule has 6 rings (SSSR count). The number of nitrogens with one attached hydrogen (secondary N) is 2. The predicted octanol–water partition coefficient (Wildman–Crippen LogP) is 4.63. The van der Waals surface area contributed by atoms with E-state index >= 15 is 0 Å². The lowest BCUT2D eigenvalue weighted by Crippen LogP contribution is -1.86. The lowest BCUT2D eigenvalue weighted by atomic mass is 10.1. The Balaban J connectivity index is 1.52. The van der Waals surface area contributed by atoms with Gasteiger partial charge in [-0.25, -0.2) is 0 Å². The topological polar surface area (TPSA) is 96.0 Å². The van der Waals surface area contributed by atoms with Crippen LogP contribution in [-0.2, 0) is 0 Å². The first kappa shape index (κ1) is 16.6. The largest absolute Gasteiger partial charge is 0.353 e. The highest BCUT2D eigenvalue weighted by Crippen LogP contribution is 2.33. The van der Waals surface area contributed by atoms with Crippen molar-refractivity contribution in [1.82, 2.24) is 35.1 Å². The summed E-state index contributed by atoms with van der Waals surface area (Å²) in [5.41, 5.74) is 7.09. The Hall–Kier alpha value is -4.39. The van der Waals surface area contributed by atoms with E-state index in [0.29, 0.717) is 0 Å². The third kappa shape index (κ3) is 2.64. The molecule has 0 aliphatic rings. The molecule has 6 aromatic rings. The molecule has 7 nitrogen and oxygen atoms in total. The number of aromatic amines is 2. The van der Waals surface area contributed by atoms with Gasteiger partial charge in [0.05, 0.1) is 34.5 Å². The van der Waals surface area contributed by atoms with E-state index in [1.807, 2.05) is 48.7 Å². The van der Waals surface area contributed by atoms with Crippen molar-refractivity contribution in [3.05, 3.63) is 79.5 Å². The molecular formula is C23H15N7. The minimum absolute atomic E-state index is 0.834. The molecule has 0 bridgehead atoms. The Morgan fingerprint density at radius 2 is 1.63 bits per heavy atom. The van der Waals surface area contributed by atoms with Crippen molar-refractivity contribution in [2.45, 2.75) is 0 Å². The summed E-state index contributed by atoms with van der Waals surface area (Å²) in [5, 5.41) is 9.62. The van der Waals surface area contributed by atoms with Crippen LogP contribution in [0, 0.1) is 0 Å². The molecule has 0 saturated carbocycles. The molecule has 0 saturated heterocycles. The maximum absolute atomic E-state index is 4.56. The van der Waals surface area contributed by atoms with Gasteiger partial charge in [0.1, 0.15) is 5.69 Å². The van der Waals surface area contributed by atoms with Gasteiger partial charge in [-0.05, 0) is 42.5 Å². The highest BCUT2D eigenvalue weighted by Gasteiger charge is 2.15. The van der Waals surface area contributed by atoms with Crippen LogP contribution in [0.5, 0.6) is 0 Å². The normalized spacial score (nSPS) is 11.3. The van der Waals surface area contributed by atoms with Crippen LogP contribution in [0.3, 0.4) is 0 Å². The van der Waals surface area contributed by atoms with Gasteiger partial charge in [-0.3, -0.25) is 25.0 Å². The maximum atomic E-state index is 4.56. The molecule has 0 amide bonds. The first-order valence-electron chi connectivity index (χ1n) is 9.51. The predicted molar refractivity (Wildman–Crippen MR) is 115 cm³/mol. The number of aromatic nitrogens is 7. The Labute approximate surface area is 170 Å². The van der Waals surface area contributed by atoms with E-state index in [1.54, 1.807) is 24.8 Å². The zero-order chi connectivity index (χ0) is 19.9. The second-order valence-electron chi connectivity index (χ2n) is 6.95. The van der Waals surface area contributed by atoms with Crippen molar-refractivity contribution < 1.29 is 0 Å². The van der Waals surface area contributed by atoms with Crippen molar-refractivity contribution in [1.29, 1.82) is 0 Å². The molecule has 6 aromatic heterocycles. The van der Waals surface area contributed by atoms with Gasteiger partial charge in [0.2, 0.25) is 0 Å². The van der Waals surface area contributed by atoms with Gasteiger partial charge in [0.15, 0.2) is 0 Å². The fourth-order valence-corrected chi connectivity index (χ4v) is 3.68. The van der Waals surface area contributed by atoms with E-state index in [-0.39, 0.29) is 0 Å². The fourth-order valence-electron chi connectivity index (χ4n) is 3.68. The van der Waals surface area contributed by atoms with E-state index in [4.69, 9.17) is 0 Å². The van der Waals surface area contributed by atoms with Crippen molar-refractivity contribution in [3.63, 3.8) is 0 Å². The van der Waals surface area contributed by atoms with E-state index < -0.39 is 0 Å². The Morgan fingerprint density at radius 3 is 2.50 bits per heavy atom. The smallest absolute Gasteiger partial charge is 0.116 e. The fraction of sp³-hybridized carbons (Fsp3) is 0. The first-order valence-corrected chi connectivity index (χ1v) is 9.51. The van der Waals surface area contributed by atoms with Gasteiger partial charge in [0, 0.05) is 46.6 Å². The van der Waals surface area contributed by atoms with Gasteiger partial charge in [0.25, 0.3) is 0 Å². The van der Waals surface area contributed by atoms with E-state index in [9.17, 15) is 0 Å². The number of H-pyrrole nitrogens is 2. The first-order chi connectivity index (χ1) is 14.9. The Kier molecular flexibility index (Phi) is 3.64. The molecule has 142 valence electrons. The average Bonchev–Trinajstić information content (AvgIpc) is 3.43. The average molecular weight is 389 g/mol. The van der Waals surface area contributed by atoms with E-state index in [0.717, 1.165) is 55.8 Å². The molecule has 0 atom stereocenters. The van der Waals surface area contributed by atoms with Gasteiger partial charge in [-0.1, -0.05) is 6.07 Å². The minimum atomic E-state index is 0.834. The lowest BCUT2D eigenvalue weighted by molar-refractivity contribution is 1.11. The van der Waals surface area contributed by atoms with Crippen LogP contribution in [0.1, 0.15) is 0 Å². The molecule has 0 aliphatic heterocycles. The van der Waals surface area contributed by atoms with Gasteiger partial charge >= 0.3 is 0 Å². The quantitative estimate of drug-likeness (QED) is 0.460. The molecule has 2 N–H and O–H groups in total. The van der Waals surface area contributed by atoms with Crippen LogP contribution in [-0.4, -0.2) is 35.1 Å². The minimum Gasteiger partial charge on any atom is -0.353 e. The van der Waals surface area contributed by atoms with Crippen molar-refractivity contribution in [2.75, 3.05) is 0 Å². The van der Waals surface area contributed by atoms with E-state index in [2.05, 4.69) is 41.2 Å². The molecule has 0 aliphatic carbocycles. The second-order valence-corrected chi connectivity index (χ2v) is 6.95. The molecule has 0 fully saturated rings. The van der Waals surface area contributed by atoms with Crippen LogP contribution in [0.4, 0.5) is 0 Å². The van der Waals surface area contributed by atoms with Crippen molar-refractivity contribution in [2.24, 2.45) is 0 Å². The highest BCUT2D eigenvalue weighted by atomic mass is 15.1. The summed E-state index contributed by atoms with van der Waals surface area (Å²) in [7, 11) is 0. The van der Waals surface area contributed by atoms with Crippen LogP contribution in [0.25, 0.3) is 55.8 Å². The molecule has 0 radical (unpaired) electrons. The maximum Gasteiger partial charge on any atom is 0.116 e. The zero-order valence-electron chi connectivity index (χ0n) is 15.7. The van der Waals surface area contributed by atoms with Gasteiger partial charge in [-0.2, -0.15) is 5.10 Å². The summed E-state index contributed by atoms with van der Waals surface area (Å²) >= 11 is 0. The van der Waals surface area contributed by atoms with Gasteiger partial charge < -0.3 is 4.98 Å². The van der Waals surface area contributed by atoms with Crippen molar-refractivity contribution >= 4 is 21.8 Å². The summed E-state index contributed by atoms with van der Waals surface area (Å²) in [6.45, 7) is 0. The summed E-state index contributed by atoms with van der Waals surface area (Å²) < 4.78 is 0. The highest BCUT2D eigenvalue weighted by molar-refractivity contribution is 6.00. The Morgan fingerprint density at radius 1 is 0.667 bits per heavy atom. The molecular weight excluding hydrogens is 374 g/mol. The van der Waals surface area contributed by atoms with Crippen LogP contribution < -0.4 is 0 Å². The second kappa shape index (κ2) is 6.59. The zero-order valence-corrected chi connectivity index (χ0v) is 15.7. The van der Waals surface area contributed by atoms with Crippen LogP contribution in [0.15, 0.2) is 79.5 Å². The molecule has 7 heteroatoms. The molecule has 30 heavy (non-hydrogen) atoms. The SMILES string of the molecule is c1ccc(-c2nccc3[nH]c(-c4n[nH]c5cnc(-c6cccnc6)cc45)cc23)nc1. The third-order valence-electron chi connectivity index (χ3n) is 5.12. The summed E-state index contributed by atoms with van der Waals surface area (Å²) in [6, 6.07) is 15.8. The number of hydrogen-bond acceptors (Lipinski definition) is 5. The molecule has 6 heterocycles. The van der Waals surface area contributed by atoms with Crippen LogP contribution in [0.2, 0.25) is 0 Å². The van der Waals surface area contributed by atoms with Crippen molar-refractivity contribution in [3.8, 4) is 34.0 Å². The van der Waals surface area contributed by atoms with Crippen LogP contribution >= 0.6 is 0 Å². The monoisotopic (exact) mass is 389 g/mol. The molecule has 0 spiro atoms. The number of fused-ring (bicyclic) bond motifs is 2. The summed E-state index contributed by atoms with van der Waals surface area (Å²) in [6.07, 6.45) is 8.93. The molecule has 0 aromatic carbocycles. The van der Waals surface area contributed by atoms with E-state index in [1.165, 1.54) is 0 Å². The number of hydrogen-bond donors (Lipinski definition) is 2. The molecule has 0 unspecified atom stereocenters. The summed E-state index contributed by atoms with van der Waals surface area (Å²) in [5.74, 6) is 0. The lowest BCUT2D eigenvalue weighted by Gasteiger charge is -2.00. The van der Waals surface area contributed by atoms with Gasteiger partial charge in [-0.15, -0.1) is 0 Å². The summed E-state index contributed by atoms with van der Waals surface area (Å²) in [4.78, 5) is 21.2. The number of nitrogens with zero attached hydrogens (tertiary/aromatic N) is 5. The third-order valence-corrected chi connectivity index (χ3v) is 5.12. The Bertz CT molecular complexity index is 1480. The number of rotatable bonds is 3. The standard InChI is InChI=1S/C23H15N7/c1-2-8-25-18(5-1)22-15-11-20(28-17(15)6-9-26-22)23-16-10-19(14-4-3-7-24-12-14)27-13-21(16)29-30-23/h1-13,28H,(H,29,30). The number of pyridine rings is 4.